The predicted octanol–water partition coefficient (Wildman–Crippen LogP) is 1.14. The van der Waals surface area contributed by atoms with Gasteiger partial charge in [-0.15, -0.1) is 11.3 Å². The first kappa shape index (κ1) is 10.3. The molecule has 1 aliphatic heterocycles. The van der Waals surface area contributed by atoms with Gasteiger partial charge in [0.15, 0.2) is 0 Å². The molecule has 1 saturated heterocycles. The molecule has 0 amide bonds. The minimum Gasteiger partial charge on any atom is -0.313 e. The molecule has 14 heavy (non-hydrogen) atoms. The first-order chi connectivity index (χ1) is 6.84. The number of thiazole rings is 1. The fourth-order valence-corrected chi connectivity index (χ4v) is 3.94. The number of hydrogen-bond acceptors (Lipinski definition) is 4. The van der Waals surface area contributed by atoms with Crippen LogP contribution in [0, 0.1) is 0 Å². The van der Waals surface area contributed by atoms with Crippen LogP contribution < -0.4 is 5.32 Å². The van der Waals surface area contributed by atoms with Crippen molar-refractivity contribution in [1.29, 1.82) is 0 Å². The largest absolute Gasteiger partial charge is 0.313 e. The highest BCUT2D eigenvalue weighted by Gasteiger charge is 2.17. The Morgan fingerprint density at radius 3 is 3.29 bits per heavy atom. The first-order valence-electron chi connectivity index (χ1n) is 4.80. The van der Waals surface area contributed by atoms with E-state index in [-0.39, 0.29) is 0 Å². The fourth-order valence-electron chi connectivity index (χ4n) is 1.65. The van der Waals surface area contributed by atoms with E-state index in [2.05, 4.69) is 10.3 Å². The van der Waals surface area contributed by atoms with E-state index >= 15 is 0 Å². The summed E-state index contributed by atoms with van der Waals surface area (Å²) >= 11 is 1.58. The van der Waals surface area contributed by atoms with E-state index in [0.717, 1.165) is 17.2 Å². The molecule has 0 unspecified atom stereocenters. The molecule has 2 heterocycles. The van der Waals surface area contributed by atoms with Gasteiger partial charge in [-0.3, -0.25) is 9.19 Å². The van der Waals surface area contributed by atoms with E-state index in [1.807, 2.05) is 6.20 Å². The lowest BCUT2D eigenvalue weighted by molar-refractivity contribution is 0.643. The van der Waals surface area contributed by atoms with Gasteiger partial charge in [0.2, 0.25) is 0 Å². The average Bonchev–Trinajstić information content (AvgIpc) is 2.76. The highest BCUT2D eigenvalue weighted by atomic mass is 32.2. The molecule has 0 aromatic carbocycles. The van der Waals surface area contributed by atoms with Crippen LogP contribution in [0.4, 0.5) is 0 Å². The number of nitrogens with one attached hydrogen (secondary N) is 1. The molecular formula is C9H14N2OS2. The summed E-state index contributed by atoms with van der Waals surface area (Å²) in [6.07, 6.45) is 4.21. The second kappa shape index (κ2) is 5.00. The standard InChI is InChI=1S/C9H14N2OS2/c12-14(5-8-2-1-3-11-8)6-9-4-10-7-13-9/h4,7-8,11H,1-3,5-6H2/t8-,14-/m0/s1. The Balaban J connectivity index is 1.78. The van der Waals surface area contributed by atoms with Crippen molar-refractivity contribution < 1.29 is 4.21 Å². The van der Waals surface area contributed by atoms with Crippen molar-refractivity contribution in [2.75, 3.05) is 12.3 Å². The lowest BCUT2D eigenvalue weighted by atomic mass is 10.3. The summed E-state index contributed by atoms with van der Waals surface area (Å²) in [6, 6.07) is 0.476. The van der Waals surface area contributed by atoms with Gasteiger partial charge in [0, 0.05) is 33.7 Å². The number of rotatable bonds is 4. The Morgan fingerprint density at radius 2 is 2.64 bits per heavy atom. The van der Waals surface area contributed by atoms with Crippen molar-refractivity contribution in [3.8, 4) is 0 Å². The van der Waals surface area contributed by atoms with Crippen LogP contribution >= 0.6 is 11.3 Å². The SMILES string of the molecule is O=[S@](Cc1cncs1)C[C@@H]1CCCN1. The van der Waals surface area contributed by atoms with Crippen molar-refractivity contribution in [3.05, 3.63) is 16.6 Å². The lowest BCUT2D eigenvalue weighted by Crippen LogP contribution is -2.27. The second-order valence-electron chi connectivity index (χ2n) is 3.51. The van der Waals surface area contributed by atoms with Gasteiger partial charge >= 0.3 is 0 Å². The zero-order valence-corrected chi connectivity index (χ0v) is 9.57. The molecule has 3 nitrogen and oxygen atoms in total. The van der Waals surface area contributed by atoms with Crippen molar-refractivity contribution in [1.82, 2.24) is 10.3 Å². The van der Waals surface area contributed by atoms with Gasteiger partial charge in [-0.1, -0.05) is 0 Å². The van der Waals surface area contributed by atoms with Crippen LogP contribution in [0.1, 0.15) is 17.7 Å². The van der Waals surface area contributed by atoms with Gasteiger partial charge in [0.25, 0.3) is 0 Å². The van der Waals surface area contributed by atoms with Crippen molar-refractivity contribution in [3.63, 3.8) is 0 Å². The molecule has 2 atom stereocenters. The Kier molecular flexibility index (Phi) is 3.67. The quantitative estimate of drug-likeness (QED) is 0.843. The van der Waals surface area contributed by atoms with Gasteiger partial charge in [-0.05, 0) is 19.4 Å². The van der Waals surface area contributed by atoms with Crippen LogP contribution in [0.5, 0.6) is 0 Å². The third-order valence-corrected chi connectivity index (χ3v) is 4.71. The van der Waals surface area contributed by atoms with Crippen LogP contribution in [0.2, 0.25) is 0 Å². The van der Waals surface area contributed by atoms with E-state index < -0.39 is 10.8 Å². The van der Waals surface area contributed by atoms with Crippen LogP contribution in [0.3, 0.4) is 0 Å². The minimum absolute atomic E-state index is 0.476. The van der Waals surface area contributed by atoms with Gasteiger partial charge in [0.1, 0.15) is 0 Å². The maximum Gasteiger partial charge on any atom is 0.0794 e. The van der Waals surface area contributed by atoms with Crippen LogP contribution in [-0.4, -0.2) is 27.5 Å². The molecule has 0 radical (unpaired) electrons. The van der Waals surface area contributed by atoms with Crippen LogP contribution in [0.15, 0.2) is 11.7 Å². The first-order valence-corrected chi connectivity index (χ1v) is 7.17. The molecule has 0 saturated carbocycles. The third-order valence-electron chi connectivity index (χ3n) is 2.34. The van der Waals surface area contributed by atoms with E-state index in [1.54, 1.807) is 16.8 Å². The molecule has 1 aromatic heterocycles. The van der Waals surface area contributed by atoms with E-state index in [9.17, 15) is 4.21 Å². The maximum atomic E-state index is 11.7. The molecular weight excluding hydrogens is 216 g/mol. The number of aromatic nitrogens is 1. The molecule has 78 valence electrons. The van der Waals surface area contributed by atoms with Gasteiger partial charge < -0.3 is 5.32 Å². The molecule has 2 rings (SSSR count). The second-order valence-corrected chi connectivity index (χ2v) is 5.98. The summed E-state index contributed by atoms with van der Waals surface area (Å²) < 4.78 is 11.7. The summed E-state index contributed by atoms with van der Waals surface area (Å²) in [5.74, 6) is 1.46. The van der Waals surface area contributed by atoms with Gasteiger partial charge in [-0.25, -0.2) is 0 Å². The maximum absolute atomic E-state index is 11.7. The lowest BCUT2D eigenvalue weighted by Gasteiger charge is -2.08. The Hall–Kier alpha value is -0.260. The van der Waals surface area contributed by atoms with E-state index in [4.69, 9.17) is 0 Å². The zero-order chi connectivity index (χ0) is 9.80. The molecule has 1 N–H and O–H groups in total. The number of hydrogen-bond donors (Lipinski definition) is 1. The molecule has 1 aromatic rings. The Labute approximate surface area is 90.4 Å². The van der Waals surface area contributed by atoms with E-state index in [0.29, 0.717) is 11.8 Å². The number of nitrogens with zero attached hydrogens (tertiary/aromatic N) is 1. The summed E-state index contributed by atoms with van der Waals surface area (Å²) in [6.45, 7) is 1.09. The summed E-state index contributed by atoms with van der Waals surface area (Å²) in [7, 11) is -0.731. The van der Waals surface area contributed by atoms with Gasteiger partial charge in [0.05, 0.1) is 11.3 Å². The fraction of sp³-hybridized carbons (Fsp3) is 0.667. The summed E-state index contributed by atoms with van der Waals surface area (Å²) in [5, 5.41) is 3.36. The van der Waals surface area contributed by atoms with Crippen LogP contribution in [0.25, 0.3) is 0 Å². The van der Waals surface area contributed by atoms with E-state index in [1.165, 1.54) is 12.8 Å². The molecule has 1 aliphatic rings. The molecule has 0 spiro atoms. The van der Waals surface area contributed by atoms with Crippen molar-refractivity contribution >= 4 is 22.1 Å². The van der Waals surface area contributed by atoms with Crippen molar-refractivity contribution in [2.24, 2.45) is 0 Å². The highest BCUT2D eigenvalue weighted by Crippen LogP contribution is 2.12. The Morgan fingerprint density at radius 1 is 1.71 bits per heavy atom. The predicted molar refractivity (Wildman–Crippen MR) is 59.9 cm³/mol. The topological polar surface area (TPSA) is 42.0 Å². The molecule has 5 heteroatoms. The minimum atomic E-state index is -0.731. The monoisotopic (exact) mass is 230 g/mol. The summed E-state index contributed by atoms with van der Waals surface area (Å²) in [5.41, 5.74) is 1.79. The highest BCUT2D eigenvalue weighted by molar-refractivity contribution is 7.84. The molecule has 0 bridgehead atoms. The summed E-state index contributed by atoms with van der Waals surface area (Å²) in [4.78, 5) is 5.10. The Bertz CT molecular complexity index is 294. The average molecular weight is 230 g/mol. The van der Waals surface area contributed by atoms with Gasteiger partial charge in [-0.2, -0.15) is 0 Å². The third kappa shape index (κ3) is 2.87. The smallest absolute Gasteiger partial charge is 0.0794 e. The zero-order valence-electron chi connectivity index (χ0n) is 7.94. The van der Waals surface area contributed by atoms with Crippen molar-refractivity contribution in [2.45, 2.75) is 24.6 Å². The molecule has 1 fully saturated rings. The molecule has 0 aliphatic carbocycles. The van der Waals surface area contributed by atoms with Crippen LogP contribution in [-0.2, 0) is 16.6 Å². The normalized spacial score (nSPS) is 23.9.